The number of nitrogen functional groups attached to an aromatic ring is 1. The van der Waals surface area contributed by atoms with Crippen LogP contribution in [0, 0.1) is 5.92 Å². The van der Waals surface area contributed by atoms with Crippen LogP contribution in [0.15, 0.2) is 6.20 Å². The van der Waals surface area contributed by atoms with E-state index in [9.17, 15) is 0 Å². The van der Waals surface area contributed by atoms with Gasteiger partial charge in [-0.3, -0.25) is 0 Å². The predicted molar refractivity (Wildman–Crippen MR) is 61.7 cm³/mol. The number of thiazole rings is 1. The van der Waals surface area contributed by atoms with E-state index in [2.05, 4.69) is 23.7 Å². The average Bonchev–Trinajstić information content (AvgIpc) is 2.56. The zero-order valence-corrected chi connectivity index (χ0v) is 9.55. The second-order valence-electron chi connectivity index (χ2n) is 4.23. The number of nitrogens with zero attached hydrogens (tertiary/aromatic N) is 2. The van der Waals surface area contributed by atoms with Gasteiger partial charge in [-0.15, -0.1) is 0 Å². The van der Waals surface area contributed by atoms with E-state index in [-0.39, 0.29) is 0 Å². The highest BCUT2D eigenvalue weighted by Crippen LogP contribution is 2.31. The lowest BCUT2D eigenvalue weighted by Gasteiger charge is -2.36. The Morgan fingerprint density at radius 3 is 2.93 bits per heavy atom. The van der Waals surface area contributed by atoms with Gasteiger partial charge in [0.25, 0.3) is 0 Å². The van der Waals surface area contributed by atoms with E-state index in [1.54, 1.807) is 17.5 Å². The summed E-state index contributed by atoms with van der Waals surface area (Å²) in [4.78, 5) is 6.73. The molecule has 4 heteroatoms. The molecule has 0 radical (unpaired) electrons. The zero-order valence-electron chi connectivity index (χ0n) is 8.73. The molecule has 1 fully saturated rings. The summed E-state index contributed by atoms with van der Waals surface area (Å²) in [7, 11) is 0. The highest BCUT2D eigenvalue weighted by molar-refractivity contribution is 7.19. The second-order valence-corrected chi connectivity index (χ2v) is 5.27. The molecule has 2 N–H and O–H groups in total. The van der Waals surface area contributed by atoms with Crippen molar-refractivity contribution in [2.75, 3.05) is 17.2 Å². The lowest BCUT2D eigenvalue weighted by molar-refractivity contribution is 0.390. The summed E-state index contributed by atoms with van der Waals surface area (Å²) in [6.07, 6.45) is 4.35. The first-order valence-corrected chi connectivity index (χ1v) is 5.96. The number of anilines is 2. The molecule has 2 rings (SSSR count). The van der Waals surface area contributed by atoms with Crippen molar-refractivity contribution in [2.24, 2.45) is 5.92 Å². The van der Waals surface area contributed by atoms with Crippen molar-refractivity contribution in [1.29, 1.82) is 0 Å². The molecular formula is C10H17N3S. The number of piperidine rings is 1. The molecule has 2 unspecified atom stereocenters. The maximum atomic E-state index is 5.69. The van der Waals surface area contributed by atoms with Gasteiger partial charge >= 0.3 is 0 Å². The van der Waals surface area contributed by atoms with Crippen LogP contribution in [0.1, 0.15) is 26.7 Å². The van der Waals surface area contributed by atoms with Gasteiger partial charge in [-0.1, -0.05) is 18.3 Å². The summed E-state index contributed by atoms with van der Waals surface area (Å²) in [5.41, 5.74) is 5.69. The predicted octanol–water partition coefficient (Wildman–Crippen LogP) is 2.35. The molecule has 78 valence electrons. The van der Waals surface area contributed by atoms with E-state index in [0.29, 0.717) is 6.04 Å². The minimum Gasteiger partial charge on any atom is -0.389 e. The Kier molecular flexibility index (Phi) is 2.63. The van der Waals surface area contributed by atoms with Crippen LogP contribution < -0.4 is 10.6 Å². The van der Waals surface area contributed by atoms with E-state index in [1.807, 2.05) is 0 Å². The summed E-state index contributed by atoms with van der Waals surface area (Å²) >= 11 is 1.59. The van der Waals surface area contributed by atoms with Crippen molar-refractivity contribution in [3.05, 3.63) is 6.20 Å². The Bertz CT molecular complexity index is 310. The maximum absolute atomic E-state index is 5.69. The smallest absolute Gasteiger partial charge is 0.187 e. The van der Waals surface area contributed by atoms with Crippen molar-refractivity contribution in [3.8, 4) is 0 Å². The molecule has 0 aromatic carbocycles. The molecule has 3 nitrogen and oxygen atoms in total. The van der Waals surface area contributed by atoms with Crippen LogP contribution in [-0.2, 0) is 0 Å². The quantitative estimate of drug-likeness (QED) is 0.775. The van der Waals surface area contributed by atoms with Crippen molar-refractivity contribution in [3.63, 3.8) is 0 Å². The Labute approximate surface area is 88.9 Å². The summed E-state index contributed by atoms with van der Waals surface area (Å²) in [5.74, 6) is 0.774. The number of aromatic nitrogens is 1. The van der Waals surface area contributed by atoms with E-state index < -0.39 is 0 Å². The van der Waals surface area contributed by atoms with Crippen LogP contribution in [0.2, 0.25) is 0 Å². The highest BCUT2D eigenvalue weighted by atomic mass is 32.1. The van der Waals surface area contributed by atoms with E-state index >= 15 is 0 Å². The van der Waals surface area contributed by atoms with Crippen molar-refractivity contribution < 1.29 is 0 Å². The van der Waals surface area contributed by atoms with Gasteiger partial charge in [-0.2, -0.15) is 0 Å². The summed E-state index contributed by atoms with van der Waals surface area (Å²) in [6, 6.07) is 0.608. The molecule has 2 heterocycles. The van der Waals surface area contributed by atoms with Crippen LogP contribution in [0.3, 0.4) is 0 Å². The summed E-state index contributed by atoms with van der Waals surface area (Å²) in [5, 5.41) is 1.90. The van der Waals surface area contributed by atoms with Gasteiger partial charge in [0.15, 0.2) is 5.13 Å². The molecule has 0 aliphatic carbocycles. The Hall–Kier alpha value is -0.770. The largest absolute Gasteiger partial charge is 0.389 e. The lowest BCUT2D eigenvalue weighted by Crippen LogP contribution is -2.40. The van der Waals surface area contributed by atoms with Crippen LogP contribution in [0.5, 0.6) is 0 Å². The van der Waals surface area contributed by atoms with Gasteiger partial charge in [0.1, 0.15) is 5.00 Å². The number of hydrogen-bond donors (Lipinski definition) is 1. The highest BCUT2D eigenvalue weighted by Gasteiger charge is 2.24. The summed E-state index contributed by atoms with van der Waals surface area (Å²) < 4.78 is 0. The molecule has 1 aliphatic rings. The minimum atomic E-state index is 0.608. The molecule has 0 saturated carbocycles. The lowest BCUT2D eigenvalue weighted by atomic mass is 9.96. The molecule has 2 atom stereocenters. The fourth-order valence-corrected chi connectivity index (χ4v) is 2.76. The fourth-order valence-electron chi connectivity index (χ4n) is 1.96. The average molecular weight is 211 g/mol. The van der Waals surface area contributed by atoms with Crippen LogP contribution in [0.25, 0.3) is 0 Å². The third-order valence-corrected chi connectivity index (χ3v) is 3.74. The van der Waals surface area contributed by atoms with Gasteiger partial charge in [0.05, 0.1) is 6.20 Å². The fraction of sp³-hybridized carbons (Fsp3) is 0.700. The normalized spacial score (nSPS) is 28.0. The standard InChI is InChI=1S/C10H17N3S/c1-7-3-4-8(2)13(6-7)10-12-5-9(11)14-10/h5,7-8H,3-4,6,11H2,1-2H3. The monoisotopic (exact) mass is 211 g/mol. The van der Waals surface area contributed by atoms with Gasteiger partial charge in [-0.25, -0.2) is 4.98 Å². The first kappa shape index (κ1) is 9.77. The first-order valence-electron chi connectivity index (χ1n) is 5.14. The van der Waals surface area contributed by atoms with Crippen LogP contribution in [0.4, 0.5) is 10.1 Å². The minimum absolute atomic E-state index is 0.608. The SMILES string of the molecule is CC1CCC(C)N(c2ncc(N)s2)C1. The van der Waals surface area contributed by atoms with Crippen molar-refractivity contribution in [1.82, 2.24) is 4.98 Å². The molecule has 14 heavy (non-hydrogen) atoms. The van der Waals surface area contributed by atoms with Crippen molar-refractivity contribution >= 4 is 21.5 Å². The van der Waals surface area contributed by atoms with E-state index in [1.165, 1.54) is 12.8 Å². The van der Waals surface area contributed by atoms with Gasteiger partial charge in [0, 0.05) is 12.6 Å². The molecule has 0 bridgehead atoms. The zero-order chi connectivity index (χ0) is 10.1. The molecule has 0 spiro atoms. The Morgan fingerprint density at radius 2 is 2.29 bits per heavy atom. The number of hydrogen-bond acceptors (Lipinski definition) is 4. The van der Waals surface area contributed by atoms with E-state index in [0.717, 1.165) is 22.6 Å². The molecule has 1 saturated heterocycles. The molecule has 1 aliphatic heterocycles. The molecule has 1 aromatic rings. The summed E-state index contributed by atoms with van der Waals surface area (Å²) in [6.45, 7) is 5.69. The molecular weight excluding hydrogens is 194 g/mol. The molecule has 0 amide bonds. The van der Waals surface area contributed by atoms with Crippen LogP contribution in [-0.4, -0.2) is 17.6 Å². The van der Waals surface area contributed by atoms with Crippen LogP contribution >= 0.6 is 11.3 Å². The first-order chi connectivity index (χ1) is 6.66. The van der Waals surface area contributed by atoms with Gasteiger partial charge in [0.2, 0.25) is 0 Å². The topological polar surface area (TPSA) is 42.2 Å². The maximum Gasteiger partial charge on any atom is 0.187 e. The number of rotatable bonds is 1. The van der Waals surface area contributed by atoms with Gasteiger partial charge in [-0.05, 0) is 25.7 Å². The second kappa shape index (κ2) is 3.77. The molecule has 1 aromatic heterocycles. The van der Waals surface area contributed by atoms with Crippen molar-refractivity contribution in [2.45, 2.75) is 32.7 Å². The third kappa shape index (κ3) is 1.85. The third-order valence-electron chi connectivity index (χ3n) is 2.87. The Balaban J connectivity index is 2.15. The van der Waals surface area contributed by atoms with Gasteiger partial charge < -0.3 is 10.6 Å². The Morgan fingerprint density at radius 1 is 1.50 bits per heavy atom. The number of nitrogens with two attached hydrogens (primary N) is 1. The van der Waals surface area contributed by atoms with E-state index in [4.69, 9.17) is 5.73 Å².